The van der Waals surface area contributed by atoms with Crippen LogP contribution in [-0.2, 0) is 4.74 Å². The fourth-order valence-electron chi connectivity index (χ4n) is 3.60. The van der Waals surface area contributed by atoms with Crippen molar-refractivity contribution < 1.29 is 9.66 Å². The Kier molecular flexibility index (Phi) is 5.02. The van der Waals surface area contributed by atoms with Crippen LogP contribution in [0.25, 0.3) is 11.3 Å². The van der Waals surface area contributed by atoms with Gasteiger partial charge in [-0.3, -0.25) is 10.1 Å². The summed E-state index contributed by atoms with van der Waals surface area (Å²) < 4.78 is 5.96. The van der Waals surface area contributed by atoms with Crippen molar-refractivity contribution in [3.8, 4) is 6.07 Å². The number of allylic oxidation sites excluding steroid dienone is 2. The fraction of sp³-hybridized carbons (Fsp3) is 0.0417. The van der Waals surface area contributed by atoms with Crippen LogP contribution in [0.15, 0.2) is 96.4 Å². The Hall–Kier alpha value is -4.37. The molecule has 3 aromatic rings. The molecule has 0 amide bonds. The first kappa shape index (κ1) is 19.0. The molecule has 2 N–H and O–H groups in total. The summed E-state index contributed by atoms with van der Waals surface area (Å²) in [4.78, 5) is 10.6. The van der Waals surface area contributed by atoms with Crippen molar-refractivity contribution in [2.45, 2.75) is 5.92 Å². The number of ether oxygens (including phenoxy) is 1. The van der Waals surface area contributed by atoms with Crippen LogP contribution < -0.4 is 5.73 Å². The van der Waals surface area contributed by atoms with E-state index in [4.69, 9.17) is 10.5 Å². The number of nitrogens with two attached hydrogens (primary N) is 1. The molecule has 0 saturated heterocycles. The highest BCUT2D eigenvalue weighted by Gasteiger charge is 2.34. The van der Waals surface area contributed by atoms with E-state index in [2.05, 4.69) is 6.07 Å². The molecule has 0 aromatic heterocycles. The highest BCUT2D eigenvalue weighted by atomic mass is 16.6. The molecule has 0 fully saturated rings. The molecule has 0 spiro atoms. The predicted molar refractivity (Wildman–Crippen MR) is 113 cm³/mol. The van der Waals surface area contributed by atoms with E-state index in [1.807, 2.05) is 60.7 Å². The van der Waals surface area contributed by atoms with Gasteiger partial charge in [0.2, 0.25) is 5.88 Å². The third-order valence-corrected chi connectivity index (χ3v) is 4.98. The smallest absolute Gasteiger partial charge is 0.269 e. The summed E-state index contributed by atoms with van der Waals surface area (Å²) in [6.07, 6.45) is 0. The van der Waals surface area contributed by atoms with Gasteiger partial charge in [-0.25, -0.2) is 0 Å². The molecule has 30 heavy (non-hydrogen) atoms. The maximum absolute atomic E-state index is 11.1. The van der Waals surface area contributed by atoms with E-state index in [1.54, 1.807) is 12.1 Å². The van der Waals surface area contributed by atoms with Crippen molar-refractivity contribution in [1.29, 1.82) is 5.26 Å². The summed E-state index contributed by atoms with van der Waals surface area (Å²) in [6, 6.07) is 27.5. The van der Waals surface area contributed by atoms with Gasteiger partial charge in [0, 0.05) is 23.3 Å². The minimum absolute atomic E-state index is 0.0187. The minimum atomic E-state index is -0.526. The van der Waals surface area contributed by atoms with Crippen LogP contribution in [0, 0.1) is 21.4 Å². The second-order valence-electron chi connectivity index (χ2n) is 6.75. The number of nitrogens with zero attached hydrogens (tertiary/aromatic N) is 2. The van der Waals surface area contributed by atoms with Gasteiger partial charge in [0.25, 0.3) is 5.69 Å². The molecule has 146 valence electrons. The number of non-ortho nitro benzene ring substituents is 1. The summed E-state index contributed by atoms with van der Waals surface area (Å²) in [5.74, 6) is 0.0585. The topological polar surface area (TPSA) is 102 Å². The molecule has 0 unspecified atom stereocenters. The molecule has 4 rings (SSSR count). The van der Waals surface area contributed by atoms with Gasteiger partial charge in [-0.15, -0.1) is 0 Å². The maximum Gasteiger partial charge on any atom is 0.269 e. The summed E-state index contributed by atoms with van der Waals surface area (Å²) in [7, 11) is 0. The van der Waals surface area contributed by atoms with Crippen molar-refractivity contribution in [2.24, 2.45) is 5.73 Å². The average Bonchev–Trinajstić information content (AvgIpc) is 2.79. The van der Waals surface area contributed by atoms with E-state index in [0.29, 0.717) is 5.76 Å². The van der Waals surface area contributed by atoms with E-state index in [1.165, 1.54) is 12.1 Å². The van der Waals surface area contributed by atoms with Gasteiger partial charge < -0.3 is 10.5 Å². The van der Waals surface area contributed by atoms with Crippen LogP contribution >= 0.6 is 0 Å². The number of hydrogen-bond donors (Lipinski definition) is 1. The van der Waals surface area contributed by atoms with E-state index in [9.17, 15) is 15.4 Å². The summed E-state index contributed by atoms with van der Waals surface area (Å²) >= 11 is 0. The Morgan fingerprint density at radius 3 is 2.00 bits per heavy atom. The number of nitro benzene ring substituents is 1. The molecule has 6 heteroatoms. The zero-order valence-corrected chi connectivity index (χ0v) is 15.9. The molecule has 0 bridgehead atoms. The van der Waals surface area contributed by atoms with Crippen LogP contribution in [0.2, 0.25) is 0 Å². The summed E-state index contributed by atoms with van der Waals surface area (Å²) in [5, 5.41) is 20.9. The van der Waals surface area contributed by atoms with Gasteiger partial charge in [0.15, 0.2) is 0 Å². The Morgan fingerprint density at radius 2 is 1.47 bits per heavy atom. The number of rotatable bonds is 4. The van der Waals surface area contributed by atoms with E-state index >= 15 is 0 Å². The number of hydrogen-bond acceptors (Lipinski definition) is 5. The van der Waals surface area contributed by atoms with Gasteiger partial charge in [0.05, 0.1) is 10.8 Å². The standard InChI is InChI=1S/C24H17N3O3/c25-15-20-21(17-11-13-19(14-12-17)27(28)29)22(16-7-3-1-4-8-16)23(30-24(20)26)18-9-5-2-6-10-18/h1-14,21H,26H2/t21-/m1/s1. The SMILES string of the molecule is N#CC1=C(N)OC(c2ccccc2)=C(c2ccccc2)[C@@H]1c1ccc([N+](=O)[O-])cc1. The van der Waals surface area contributed by atoms with Gasteiger partial charge in [-0.1, -0.05) is 72.8 Å². The summed E-state index contributed by atoms with van der Waals surface area (Å²) in [5.41, 5.74) is 9.60. The number of nitriles is 1. The van der Waals surface area contributed by atoms with Crippen LogP contribution in [-0.4, -0.2) is 4.92 Å². The molecule has 1 atom stereocenters. The molecule has 1 heterocycles. The molecule has 1 aliphatic rings. The second-order valence-corrected chi connectivity index (χ2v) is 6.75. The first-order valence-corrected chi connectivity index (χ1v) is 9.27. The normalized spacial score (nSPS) is 16.0. The molecule has 6 nitrogen and oxygen atoms in total. The van der Waals surface area contributed by atoms with Crippen LogP contribution in [0.5, 0.6) is 0 Å². The molecule has 0 aliphatic carbocycles. The number of benzene rings is 3. The van der Waals surface area contributed by atoms with E-state index < -0.39 is 10.8 Å². The van der Waals surface area contributed by atoms with Crippen molar-refractivity contribution in [3.63, 3.8) is 0 Å². The highest BCUT2D eigenvalue weighted by Crippen LogP contribution is 2.47. The lowest BCUT2D eigenvalue weighted by Crippen LogP contribution is -2.20. The molecule has 1 aliphatic heterocycles. The Labute approximate surface area is 173 Å². The zero-order valence-electron chi connectivity index (χ0n) is 15.9. The fourth-order valence-corrected chi connectivity index (χ4v) is 3.60. The lowest BCUT2D eigenvalue weighted by atomic mass is 9.79. The summed E-state index contributed by atoms with van der Waals surface area (Å²) in [6.45, 7) is 0. The maximum atomic E-state index is 11.1. The third kappa shape index (κ3) is 3.40. The molecular weight excluding hydrogens is 378 g/mol. The molecule has 0 radical (unpaired) electrons. The lowest BCUT2D eigenvalue weighted by molar-refractivity contribution is -0.384. The Bertz CT molecular complexity index is 1190. The van der Waals surface area contributed by atoms with Crippen LogP contribution in [0.4, 0.5) is 5.69 Å². The largest absolute Gasteiger partial charge is 0.440 e. The van der Waals surface area contributed by atoms with E-state index in [-0.39, 0.29) is 17.1 Å². The predicted octanol–water partition coefficient (Wildman–Crippen LogP) is 4.97. The van der Waals surface area contributed by atoms with Crippen molar-refractivity contribution in [3.05, 3.63) is 123 Å². The molecule has 3 aromatic carbocycles. The van der Waals surface area contributed by atoms with Gasteiger partial charge in [-0.2, -0.15) is 5.26 Å². The second kappa shape index (κ2) is 7.94. The quantitative estimate of drug-likeness (QED) is 0.496. The van der Waals surface area contributed by atoms with Gasteiger partial charge in [0.1, 0.15) is 17.4 Å². The van der Waals surface area contributed by atoms with Crippen molar-refractivity contribution in [2.75, 3.05) is 0 Å². The third-order valence-electron chi connectivity index (χ3n) is 4.98. The molecular formula is C24H17N3O3. The minimum Gasteiger partial charge on any atom is -0.440 e. The number of nitro groups is 1. The zero-order chi connectivity index (χ0) is 21.1. The monoisotopic (exact) mass is 395 g/mol. The Morgan fingerprint density at radius 1 is 0.900 bits per heavy atom. The van der Waals surface area contributed by atoms with E-state index in [0.717, 1.165) is 22.3 Å². The van der Waals surface area contributed by atoms with Crippen LogP contribution in [0.1, 0.15) is 22.6 Å². The van der Waals surface area contributed by atoms with Gasteiger partial charge >= 0.3 is 0 Å². The Balaban J connectivity index is 1.99. The van der Waals surface area contributed by atoms with Gasteiger partial charge in [-0.05, 0) is 11.1 Å². The van der Waals surface area contributed by atoms with Crippen LogP contribution in [0.3, 0.4) is 0 Å². The average molecular weight is 395 g/mol. The first-order valence-electron chi connectivity index (χ1n) is 9.27. The highest BCUT2D eigenvalue weighted by molar-refractivity contribution is 5.94. The van der Waals surface area contributed by atoms with Crippen molar-refractivity contribution >= 4 is 17.0 Å². The van der Waals surface area contributed by atoms with Crippen molar-refractivity contribution in [1.82, 2.24) is 0 Å². The molecule has 0 saturated carbocycles. The first-order chi connectivity index (χ1) is 14.6. The lowest BCUT2D eigenvalue weighted by Gasteiger charge is -2.30.